The predicted octanol–water partition coefficient (Wildman–Crippen LogP) is -0.128. The van der Waals surface area contributed by atoms with E-state index >= 15 is 0 Å². The molecule has 0 spiro atoms. The van der Waals surface area contributed by atoms with Gasteiger partial charge < -0.3 is 9.84 Å². The third-order valence-corrected chi connectivity index (χ3v) is 0.338. The highest BCUT2D eigenvalue weighted by molar-refractivity contribution is 5.80. The molecule has 2 N–H and O–H groups in total. The van der Waals surface area contributed by atoms with Gasteiger partial charge in [0.2, 0.25) is 0 Å². The van der Waals surface area contributed by atoms with E-state index in [1.807, 2.05) is 0 Å². The highest BCUT2D eigenvalue weighted by atomic mass is 16.7. The van der Waals surface area contributed by atoms with Crippen molar-refractivity contribution < 1.29 is 19.4 Å². The molecule has 0 rings (SSSR count). The monoisotopic (exact) mass is 130 g/mol. The first-order valence-corrected chi connectivity index (χ1v) is 1.76. The Morgan fingerprint density at radius 1 is 1.67 bits per heavy atom. The van der Waals surface area contributed by atoms with Gasteiger partial charge in [0.15, 0.2) is 6.19 Å². The summed E-state index contributed by atoms with van der Waals surface area (Å²) in [6, 6.07) is 0. The lowest BCUT2D eigenvalue weighted by molar-refractivity contribution is 0.111. The topological polar surface area (TPSA) is 99.4 Å². The third kappa shape index (κ3) is 4.08. The number of hydrogen-bond acceptors (Lipinski definition) is 4. The molecule has 48 valence electrons. The van der Waals surface area contributed by atoms with E-state index in [9.17, 15) is 9.59 Å². The minimum absolute atomic E-state index is 1.18. The highest BCUT2D eigenvalue weighted by Crippen LogP contribution is 1.75. The molecule has 0 radical (unpaired) electrons. The van der Waals surface area contributed by atoms with Crippen LogP contribution in [0.15, 0.2) is 0 Å². The number of carbonyl (C=O) groups is 2. The van der Waals surface area contributed by atoms with E-state index in [2.05, 4.69) is 4.74 Å². The molecule has 0 aromatic rings. The molecule has 0 aliphatic rings. The number of amides is 1. The highest BCUT2D eigenvalue weighted by Gasteiger charge is 2.04. The van der Waals surface area contributed by atoms with Crippen molar-refractivity contribution in [3.05, 3.63) is 0 Å². The van der Waals surface area contributed by atoms with Crippen LogP contribution in [0.1, 0.15) is 0 Å². The molecule has 1 amide bonds. The van der Waals surface area contributed by atoms with Crippen molar-refractivity contribution in [2.75, 3.05) is 0 Å². The number of nitrogens with zero attached hydrogens (tertiary/aromatic N) is 1. The number of alkyl carbamates (subject to hydrolysis) is 1. The molecule has 0 saturated heterocycles. The fraction of sp³-hybridized carbons (Fsp3) is 0. The molecular weight excluding hydrogens is 128 g/mol. The van der Waals surface area contributed by atoms with Crippen LogP contribution in [0.4, 0.5) is 9.59 Å². The van der Waals surface area contributed by atoms with Gasteiger partial charge in [-0.2, -0.15) is 5.26 Å². The molecule has 0 bridgehead atoms. The maximum absolute atomic E-state index is 9.92. The lowest BCUT2D eigenvalue weighted by Crippen LogP contribution is -2.21. The van der Waals surface area contributed by atoms with Gasteiger partial charge in [-0.3, -0.25) is 0 Å². The van der Waals surface area contributed by atoms with Gasteiger partial charge in [0, 0.05) is 0 Å². The van der Waals surface area contributed by atoms with E-state index in [1.165, 1.54) is 11.5 Å². The normalized spacial score (nSPS) is 7.00. The van der Waals surface area contributed by atoms with Gasteiger partial charge in [-0.15, -0.1) is 0 Å². The maximum atomic E-state index is 9.92. The van der Waals surface area contributed by atoms with Gasteiger partial charge >= 0.3 is 12.2 Å². The molecule has 0 heterocycles. The van der Waals surface area contributed by atoms with E-state index in [-0.39, 0.29) is 0 Å². The molecule has 6 nitrogen and oxygen atoms in total. The first-order chi connectivity index (χ1) is 4.16. The van der Waals surface area contributed by atoms with E-state index in [0.717, 1.165) is 0 Å². The Morgan fingerprint density at radius 3 is 2.56 bits per heavy atom. The number of nitriles is 1. The first-order valence-electron chi connectivity index (χ1n) is 1.76. The fourth-order valence-corrected chi connectivity index (χ4v) is 0.150. The lowest BCUT2D eigenvalue weighted by atomic mass is 11.1. The van der Waals surface area contributed by atoms with Crippen molar-refractivity contribution in [1.82, 2.24) is 5.32 Å². The van der Waals surface area contributed by atoms with Crippen molar-refractivity contribution in [2.24, 2.45) is 0 Å². The van der Waals surface area contributed by atoms with Gasteiger partial charge in [0.25, 0.3) is 0 Å². The molecular formula is C3H2N2O4. The summed E-state index contributed by atoms with van der Waals surface area (Å²) in [5.74, 6) is 0. The van der Waals surface area contributed by atoms with Crippen LogP contribution in [0.2, 0.25) is 0 Å². The second-order valence-corrected chi connectivity index (χ2v) is 0.892. The Morgan fingerprint density at radius 2 is 2.22 bits per heavy atom. The van der Waals surface area contributed by atoms with Gasteiger partial charge in [-0.25, -0.2) is 14.9 Å². The quantitative estimate of drug-likeness (QED) is 0.206. The number of ether oxygens (including phenoxy) is 1. The lowest BCUT2D eigenvalue weighted by Gasteiger charge is -1.90. The van der Waals surface area contributed by atoms with Crippen LogP contribution >= 0.6 is 0 Å². The van der Waals surface area contributed by atoms with Crippen LogP contribution in [0, 0.1) is 11.5 Å². The average Bonchev–Trinajstić information content (AvgIpc) is 1.63. The van der Waals surface area contributed by atoms with Gasteiger partial charge in [0.05, 0.1) is 0 Å². The third-order valence-electron chi connectivity index (χ3n) is 0.338. The minimum Gasteiger partial charge on any atom is -0.449 e. The van der Waals surface area contributed by atoms with Crippen molar-refractivity contribution in [3.8, 4) is 6.19 Å². The molecule has 0 aliphatic carbocycles. The first kappa shape index (κ1) is 7.23. The van der Waals surface area contributed by atoms with Crippen LogP contribution in [0.25, 0.3) is 0 Å². The van der Waals surface area contributed by atoms with Crippen LogP contribution in [0.5, 0.6) is 0 Å². The molecule has 0 unspecified atom stereocenters. The summed E-state index contributed by atoms with van der Waals surface area (Å²) in [7, 11) is 0. The Balaban J connectivity index is 3.54. The van der Waals surface area contributed by atoms with Crippen LogP contribution < -0.4 is 5.32 Å². The fourth-order valence-electron chi connectivity index (χ4n) is 0.150. The molecule has 0 saturated carbocycles. The van der Waals surface area contributed by atoms with Gasteiger partial charge in [-0.1, -0.05) is 0 Å². The summed E-state index contributed by atoms with van der Waals surface area (Å²) in [5, 5.41) is 16.9. The molecule has 6 heteroatoms. The maximum Gasteiger partial charge on any atom is 0.514 e. The largest absolute Gasteiger partial charge is 0.514 e. The number of rotatable bonds is 0. The molecule has 0 atom stereocenters. The Labute approximate surface area is 49.6 Å². The zero-order valence-electron chi connectivity index (χ0n) is 4.12. The number of hydrogen-bond donors (Lipinski definition) is 2. The van der Waals surface area contributed by atoms with E-state index < -0.39 is 12.2 Å². The Kier molecular flexibility index (Phi) is 2.62. The van der Waals surface area contributed by atoms with Gasteiger partial charge in [-0.05, 0) is 0 Å². The molecule has 0 aromatic carbocycles. The van der Waals surface area contributed by atoms with Crippen molar-refractivity contribution >= 4 is 12.2 Å². The molecule has 0 aliphatic heterocycles. The van der Waals surface area contributed by atoms with Crippen molar-refractivity contribution in [2.45, 2.75) is 0 Å². The average molecular weight is 130 g/mol. The van der Waals surface area contributed by atoms with Crippen LogP contribution in [-0.4, -0.2) is 17.4 Å². The van der Waals surface area contributed by atoms with E-state index in [0.29, 0.717) is 0 Å². The number of nitrogens with one attached hydrogen (secondary N) is 1. The second kappa shape index (κ2) is 3.26. The zero-order valence-corrected chi connectivity index (χ0v) is 4.12. The summed E-state index contributed by atoms with van der Waals surface area (Å²) in [6.07, 6.45) is -1.86. The second-order valence-electron chi connectivity index (χ2n) is 0.892. The zero-order chi connectivity index (χ0) is 7.28. The van der Waals surface area contributed by atoms with E-state index in [1.54, 1.807) is 0 Å². The van der Waals surface area contributed by atoms with Gasteiger partial charge in [0.1, 0.15) is 0 Å². The summed E-state index contributed by atoms with van der Waals surface area (Å²) in [5.41, 5.74) is 0. The molecule has 0 fully saturated rings. The number of carboxylic acid groups (broad SMARTS) is 1. The minimum atomic E-state index is -1.75. The van der Waals surface area contributed by atoms with Crippen LogP contribution in [-0.2, 0) is 4.74 Å². The van der Waals surface area contributed by atoms with Crippen molar-refractivity contribution in [1.29, 1.82) is 5.26 Å². The van der Waals surface area contributed by atoms with Crippen LogP contribution in [0.3, 0.4) is 0 Å². The Bertz CT molecular complexity index is 169. The SMILES string of the molecule is N#CNC(=O)OC(=O)O. The number of carbonyl (C=O) groups excluding carboxylic acids is 1. The van der Waals surface area contributed by atoms with Crippen molar-refractivity contribution in [3.63, 3.8) is 0 Å². The molecule has 9 heavy (non-hydrogen) atoms. The summed E-state index contributed by atoms with van der Waals surface area (Å²) in [6.45, 7) is 0. The molecule has 0 aromatic heterocycles. The standard InChI is InChI=1S/C3H2N2O4/c4-1-5-2(6)9-3(7)8/h(H,5,6)(H,7,8). The Hall–Kier alpha value is -1.77. The summed E-state index contributed by atoms with van der Waals surface area (Å²) in [4.78, 5) is 19.4. The van der Waals surface area contributed by atoms with E-state index in [4.69, 9.17) is 10.4 Å². The summed E-state index contributed by atoms with van der Waals surface area (Å²) < 4.78 is 3.43. The smallest absolute Gasteiger partial charge is 0.449 e. The summed E-state index contributed by atoms with van der Waals surface area (Å²) >= 11 is 0. The predicted molar refractivity (Wildman–Crippen MR) is 23.3 cm³/mol.